The molecule has 1 aromatic carbocycles. The van der Waals surface area contributed by atoms with Crippen LogP contribution >= 0.6 is 0 Å². The molecule has 4 fully saturated rings. The van der Waals surface area contributed by atoms with E-state index in [4.69, 9.17) is 9.31 Å². The van der Waals surface area contributed by atoms with Crippen LogP contribution in [0.5, 0.6) is 0 Å². The number of hydrogen-bond acceptors (Lipinski definition) is 5. The van der Waals surface area contributed by atoms with Crippen molar-refractivity contribution in [3.8, 4) is 0 Å². The Morgan fingerprint density at radius 1 is 1.26 bits per heavy atom. The van der Waals surface area contributed by atoms with Crippen LogP contribution in [0.3, 0.4) is 0 Å². The quantitative estimate of drug-likeness (QED) is 0.446. The van der Waals surface area contributed by atoms with Gasteiger partial charge in [-0.25, -0.2) is 0 Å². The zero-order valence-corrected chi connectivity index (χ0v) is 21.4. The molecule has 1 amide bonds. The van der Waals surface area contributed by atoms with Gasteiger partial charge in [-0.15, -0.1) is 0 Å². The van der Waals surface area contributed by atoms with Gasteiger partial charge >= 0.3 is 205 Å². The Balaban J connectivity index is 1.49. The molecule has 182 valence electrons. The summed E-state index contributed by atoms with van der Waals surface area (Å²) in [7, 11) is 0.135. The van der Waals surface area contributed by atoms with Gasteiger partial charge in [-0.05, 0) is 0 Å². The summed E-state index contributed by atoms with van der Waals surface area (Å²) in [6, 6.07) is 7.35. The molecule has 1 aliphatic heterocycles. The Morgan fingerprint density at radius 2 is 1.97 bits per heavy atom. The Kier molecular flexibility index (Phi) is 7.21. The normalized spacial score (nSPS) is 31.0. The minimum atomic E-state index is -0.686. The Morgan fingerprint density at radius 3 is 2.59 bits per heavy atom. The van der Waals surface area contributed by atoms with Crippen LogP contribution in [0.25, 0.3) is 0 Å². The van der Waals surface area contributed by atoms with Crippen LogP contribution in [0.1, 0.15) is 65.0 Å². The van der Waals surface area contributed by atoms with Gasteiger partial charge in [0, 0.05) is 0 Å². The van der Waals surface area contributed by atoms with Crippen LogP contribution in [0, 0.1) is 30.1 Å². The number of carbonyl (C=O) groups is 1. The molecule has 6 atom stereocenters. The van der Waals surface area contributed by atoms with Gasteiger partial charge in [0.15, 0.2) is 0 Å². The molecule has 34 heavy (non-hydrogen) atoms. The van der Waals surface area contributed by atoms with Gasteiger partial charge in [0.2, 0.25) is 0 Å². The van der Waals surface area contributed by atoms with Crippen molar-refractivity contribution in [2.24, 2.45) is 28.2 Å². The molecule has 3 saturated carbocycles. The van der Waals surface area contributed by atoms with E-state index in [0.717, 1.165) is 24.0 Å². The van der Waals surface area contributed by atoms with Crippen molar-refractivity contribution in [2.75, 3.05) is 0 Å². The molecule has 0 unspecified atom stereocenters. The number of aryl methyl sites for hydroxylation is 1. The average Bonchev–Trinajstić information content (AvgIpc) is 3.14. The molecule has 3 aliphatic carbocycles. The number of carbonyl (C=O) groups excluding carboxylic acids is 1. The van der Waals surface area contributed by atoms with Gasteiger partial charge in [0.25, 0.3) is 0 Å². The van der Waals surface area contributed by atoms with E-state index >= 15 is 0 Å². The summed E-state index contributed by atoms with van der Waals surface area (Å²) >= 11 is 0. The molecule has 4 aliphatic rings. The van der Waals surface area contributed by atoms with Gasteiger partial charge in [-0.2, -0.15) is 0 Å². The van der Waals surface area contributed by atoms with Gasteiger partial charge in [-0.1, -0.05) is 0 Å². The number of aliphatic imine (C=N–C) groups is 1. The zero-order chi connectivity index (χ0) is 24.7. The van der Waals surface area contributed by atoms with E-state index in [2.05, 4.69) is 44.9 Å². The van der Waals surface area contributed by atoms with E-state index in [1.54, 1.807) is 0 Å². The van der Waals surface area contributed by atoms with Crippen molar-refractivity contribution >= 4 is 26.3 Å². The predicted octanol–water partition coefficient (Wildman–Crippen LogP) is 3.78. The van der Waals surface area contributed by atoms with Gasteiger partial charge in [0.05, 0.1) is 0 Å². The van der Waals surface area contributed by atoms with Crippen LogP contribution in [-0.4, -0.2) is 50.0 Å². The second kappa shape index (κ2) is 9.69. The summed E-state index contributed by atoms with van der Waals surface area (Å²) in [4.78, 5) is 17.6. The topological polar surface area (TPSA) is 77.0 Å². The molecule has 1 aromatic rings. The van der Waals surface area contributed by atoms with Crippen molar-refractivity contribution < 1.29 is 18.8 Å². The number of hydrogen-bond donors (Lipinski definition) is 1. The molecule has 2 bridgehead atoms. The van der Waals surface area contributed by atoms with Crippen LogP contribution in [0.2, 0.25) is 0 Å². The number of rotatable bonds is 9. The molecule has 5 rings (SSSR count). The summed E-state index contributed by atoms with van der Waals surface area (Å²) < 4.78 is 24.1. The van der Waals surface area contributed by atoms with Crippen molar-refractivity contribution in [1.29, 1.82) is 0 Å². The molecule has 8 heteroatoms. The van der Waals surface area contributed by atoms with E-state index in [9.17, 15) is 9.50 Å². The van der Waals surface area contributed by atoms with E-state index < -0.39 is 13.2 Å². The predicted molar refractivity (Wildman–Crippen MR) is 135 cm³/mol. The maximum absolute atomic E-state index is 13.4. The molecule has 6 nitrogen and oxygen atoms in total. The van der Waals surface area contributed by atoms with Crippen LogP contribution < -0.4 is 5.32 Å². The van der Waals surface area contributed by atoms with E-state index in [-0.39, 0.29) is 29.0 Å². The molecular formula is C26H38B2N2O4. The van der Waals surface area contributed by atoms with Crippen LogP contribution in [0.15, 0.2) is 29.3 Å². The molecule has 1 heterocycles. The monoisotopic (exact) mass is 464 g/mol. The molecule has 0 radical (unpaired) electrons. The summed E-state index contributed by atoms with van der Waals surface area (Å²) in [5.74, 6) is 1.01. The standard InChI is InChI=1S/C26H38B2N2O4/c1-16(2)11-23(28-33-22-14-19-13-21(25(19,4)5)26(22,6)34-28)30-24(31)20(29-15-27-32)12-18-9-7-17(3)8-10-18/h7-10,15-16,19-23H,11-14H2,1-6H3,(H,30,31)/t19-,20-,21-,22+,23-,26-/m0/s1. The van der Waals surface area contributed by atoms with E-state index in [0.29, 0.717) is 31.3 Å². The SMILES string of the molecule is Cc1ccc(C[C@H](N=CB=O)C(=O)N[C@@H](CC(C)C)B2O[C@@H]3C[C@@H]4C[C@@H](C4(C)C)[C@]3(C)O2)cc1. The minimum absolute atomic E-state index is 0.0669. The summed E-state index contributed by atoms with van der Waals surface area (Å²) in [5, 5.41) is 3.19. The van der Waals surface area contributed by atoms with Crippen LogP contribution in [0.4, 0.5) is 0 Å². The molecule has 1 N–H and O–H groups in total. The first-order valence-corrected chi connectivity index (χ1v) is 12.7. The van der Waals surface area contributed by atoms with Gasteiger partial charge < -0.3 is 0 Å². The molecule has 0 spiro atoms. The first-order valence-electron chi connectivity index (χ1n) is 12.7. The Labute approximate surface area is 205 Å². The van der Waals surface area contributed by atoms with Gasteiger partial charge in [0.1, 0.15) is 0 Å². The van der Waals surface area contributed by atoms with E-state index in [1.165, 1.54) is 12.5 Å². The Hall–Kier alpha value is -1.79. The Bertz CT molecular complexity index is 935. The average molecular weight is 464 g/mol. The fraction of sp³-hybridized carbons (Fsp3) is 0.692. The van der Waals surface area contributed by atoms with Crippen molar-refractivity contribution in [3.63, 3.8) is 0 Å². The summed E-state index contributed by atoms with van der Waals surface area (Å²) in [6.45, 7) is 13.2. The number of nitrogens with one attached hydrogen (secondary N) is 1. The third-order valence-electron chi connectivity index (χ3n) is 8.53. The number of benzene rings is 1. The maximum atomic E-state index is 13.4. The first-order chi connectivity index (χ1) is 16.0. The second-order valence-electron chi connectivity index (χ2n) is 11.7. The molecule has 0 aromatic heterocycles. The number of amides is 1. The van der Waals surface area contributed by atoms with Crippen molar-refractivity contribution in [1.82, 2.24) is 5.32 Å². The summed E-state index contributed by atoms with van der Waals surface area (Å²) in [6.07, 6.45) is 4.61. The fourth-order valence-electron chi connectivity index (χ4n) is 6.40. The second-order valence-corrected chi connectivity index (χ2v) is 11.7. The van der Waals surface area contributed by atoms with Crippen molar-refractivity contribution in [2.45, 2.75) is 90.9 Å². The third kappa shape index (κ3) is 4.81. The van der Waals surface area contributed by atoms with Crippen molar-refractivity contribution in [3.05, 3.63) is 35.4 Å². The number of nitrogens with zero attached hydrogens (tertiary/aromatic N) is 1. The fourth-order valence-corrected chi connectivity index (χ4v) is 6.40. The molecular weight excluding hydrogens is 426 g/mol. The first kappa shape index (κ1) is 25.3. The zero-order valence-electron chi connectivity index (χ0n) is 21.4. The molecule has 1 saturated heterocycles. The van der Waals surface area contributed by atoms with Crippen LogP contribution in [-0.2, 0) is 25.2 Å². The summed E-state index contributed by atoms with van der Waals surface area (Å²) in [5.41, 5.74) is 2.11. The third-order valence-corrected chi connectivity index (χ3v) is 8.53. The van der Waals surface area contributed by atoms with Gasteiger partial charge in [-0.3, -0.25) is 0 Å². The van der Waals surface area contributed by atoms with E-state index in [1.807, 2.05) is 31.2 Å².